The van der Waals surface area contributed by atoms with Crippen LogP contribution in [0.1, 0.15) is 21.7 Å². The van der Waals surface area contributed by atoms with E-state index in [9.17, 15) is 22.4 Å². The molecule has 11 heteroatoms. The molecule has 1 N–H and O–H groups in total. The van der Waals surface area contributed by atoms with Gasteiger partial charge in [-0.1, -0.05) is 6.07 Å². The largest absolute Gasteiger partial charge is 0.435 e. The molecular formula is C20H13F4N5OS. The van der Waals surface area contributed by atoms with Gasteiger partial charge in [0.2, 0.25) is 0 Å². The zero-order chi connectivity index (χ0) is 22.2. The first-order valence-corrected chi connectivity index (χ1v) is 9.72. The number of nitrogens with one attached hydrogen (secondary N) is 1. The van der Waals surface area contributed by atoms with E-state index >= 15 is 0 Å². The first kappa shape index (κ1) is 20.7. The number of benzene rings is 1. The Morgan fingerprint density at radius 2 is 1.90 bits per heavy atom. The van der Waals surface area contributed by atoms with Crippen LogP contribution < -0.4 is 5.32 Å². The van der Waals surface area contributed by atoms with Crippen molar-refractivity contribution in [3.8, 4) is 17.1 Å². The molecule has 0 aliphatic carbocycles. The number of rotatable bonds is 4. The van der Waals surface area contributed by atoms with Gasteiger partial charge < -0.3 is 0 Å². The molecule has 3 heterocycles. The number of anilines is 1. The molecule has 4 rings (SSSR count). The molecule has 4 aromatic rings. The van der Waals surface area contributed by atoms with E-state index in [1.54, 1.807) is 17.6 Å². The summed E-state index contributed by atoms with van der Waals surface area (Å²) < 4.78 is 53.6. The molecule has 0 radical (unpaired) electrons. The molecule has 0 aliphatic heterocycles. The molecule has 31 heavy (non-hydrogen) atoms. The van der Waals surface area contributed by atoms with E-state index in [0.717, 1.165) is 33.7 Å². The first-order chi connectivity index (χ1) is 14.7. The molecule has 3 aromatic heterocycles. The Bertz CT molecular complexity index is 1250. The average Bonchev–Trinajstić information content (AvgIpc) is 3.36. The fourth-order valence-corrected chi connectivity index (χ4v) is 3.51. The minimum Gasteiger partial charge on any atom is -0.296 e. The summed E-state index contributed by atoms with van der Waals surface area (Å²) in [5.41, 5.74) is 0.535. The van der Waals surface area contributed by atoms with Gasteiger partial charge in [-0.3, -0.25) is 15.1 Å². The maximum atomic E-state index is 13.2. The van der Waals surface area contributed by atoms with Gasteiger partial charge in [0.1, 0.15) is 17.2 Å². The number of hydrogen-bond acceptors (Lipinski definition) is 5. The van der Waals surface area contributed by atoms with Crippen LogP contribution in [0.5, 0.6) is 0 Å². The Kier molecular flexibility index (Phi) is 5.27. The van der Waals surface area contributed by atoms with Crippen LogP contribution in [0.2, 0.25) is 0 Å². The van der Waals surface area contributed by atoms with Crippen molar-refractivity contribution in [3.05, 3.63) is 76.8 Å². The van der Waals surface area contributed by atoms with Crippen molar-refractivity contribution in [2.24, 2.45) is 0 Å². The molecule has 158 valence electrons. The van der Waals surface area contributed by atoms with Crippen LogP contribution in [0, 0.1) is 12.7 Å². The lowest BCUT2D eigenvalue weighted by Gasteiger charge is -2.07. The van der Waals surface area contributed by atoms with Crippen LogP contribution >= 0.6 is 11.3 Å². The number of nitrogens with zero attached hydrogens (tertiary/aromatic N) is 4. The number of thiazole rings is 1. The number of amides is 1. The van der Waals surface area contributed by atoms with Gasteiger partial charge in [-0.15, -0.1) is 11.3 Å². The highest BCUT2D eigenvalue weighted by atomic mass is 32.1. The normalized spacial score (nSPS) is 11.5. The van der Waals surface area contributed by atoms with E-state index < -0.39 is 23.6 Å². The average molecular weight is 447 g/mol. The van der Waals surface area contributed by atoms with Gasteiger partial charge in [0.25, 0.3) is 5.91 Å². The minimum atomic E-state index is -4.76. The van der Waals surface area contributed by atoms with Crippen molar-refractivity contribution in [2.45, 2.75) is 13.1 Å². The molecule has 0 saturated heterocycles. The molecule has 0 aliphatic rings. The van der Waals surface area contributed by atoms with Crippen molar-refractivity contribution in [2.75, 3.05) is 5.32 Å². The summed E-state index contributed by atoms with van der Waals surface area (Å²) in [5, 5.41) is 7.85. The molecule has 0 atom stereocenters. The van der Waals surface area contributed by atoms with Crippen molar-refractivity contribution in [1.29, 1.82) is 0 Å². The fourth-order valence-electron chi connectivity index (χ4n) is 2.82. The highest BCUT2D eigenvalue weighted by Gasteiger charge is 2.36. The quantitative estimate of drug-likeness (QED) is 0.442. The molecule has 0 saturated carbocycles. The third-order valence-corrected chi connectivity index (χ3v) is 5.04. The Balaban J connectivity index is 1.66. The van der Waals surface area contributed by atoms with Crippen molar-refractivity contribution >= 4 is 22.4 Å². The molecule has 0 spiro atoms. The molecule has 6 nitrogen and oxygen atoms in total. The zero-order valence-corrected chi connectivity index (χ0v) is 16.6. The van der Waals surface area contributed by atoms with Gasteiger partial charge >= 0.3 is 6.18 Å². The van der Waals surface area contributed by atoms with Crippen LogP contribution in [0.3, 0.4) is 0 Å². The summed E-state index contributed by atoms with van der Waals surface area (Å²) in [6.07, 6.45) is -3.15. The molecule has 1 aromatic carbocycles. The zero-order valence-electron chi connectivity index (χ0n) is 15.8. The third-order valence-electron chi connectivity index (χ3n) is 4.28. The standard InChI is InChI=1S/C20H13F4N5OS/c1-11-3-2-8-25-17(11)14-10-31-19(26-14)27-18(30)15-9-16(20(22,23)24)28-29(15)13-6-4-12(21)5-7-13/h2-10H,1H3,(H,26,27,30). The van der Waals surface area contributed by atoms with E-state index in [2.05, 4.69) is 20.4 Å². The van der Waals surface area contributed by atoms with Crippen molar-refractivity contribution in [3.63, 3.8) is 0 Å². The highest BCUT2D eigenvalue weighted by molar-refractivity contribution is 7.14. The third kappa shape index (κ3) is 4.31. The number of hydrogen-bond donors (Lipinski definition) is 1. The Morgan fingerprint density at radius 1 is 1.16 bits per heavy atom. The van der Waals surface area contributed by atoms with Crippen LogP contribution in [0.4, 0.5) is 22.7 Å². The van der Waals surface area contributed by atoms with Crippen LogP contribution in [0.25, 0.3) is 17.1 Å². The van der Waals surface area contributed by atoms with Crippen LogP contribution in [-0.2, 0) is 6.18 Å². The SMILES string of the molecule is Cc1cccnc1-c1csc(NC(=O)c2cc(C(F)(F)F)nn2-c2ccc(F)cc2)n1. The van der Waals surface area contributed by atoms with Gasteiger partial charge in [-0.2, -0.15) is 18.3 Å². The lowest BCUT2D eigenvalue weighted by Crippen LogP contribution is -2.17. The summed E-state index contributed by atoms with van der Waals surface area (Å²) in [6, 6.07) is 8.86. The Morgan fingerprint density at radius 3 is 2.58 bits per heavy atom. The van der Waals surface area contributed by atoms with Crippen molar-refractivity contribution < 1.29 is 22.4 Å². The number of carbonyl (C=O) groups excluding carboxylic acids is 1. The number of pyridine rings is 1. The fraction of sp³-hybridized carbons (Fsp3) is 0.100. The second kappa shape index (κ2) is 7.91. The summed E-state index contributed by atoms with van der Waals surface area (Å²) >= 11 is 1.11. The molecule has 1 amide bonds. The topological polar surface area (TPSA) is 72.7 Å². The summed E-state index contributed by atoms with van der Waals surface area (Å²) in [4.78, 5) is 21.3. The summed E-state index contributed by atoms with van der Waals surface area (Å²) in [7, 11) is 0. The lowest BCUT2D eigenvalue weighted by atomic mass is 10.2. The van der Waals surface area contributed by atoms with E-state index in [1.807, 2.05) is 13.0 Å². The number of carbonyl (C=O) groups is 1. The molecule has 0 bridgehead atoms. The highest BCUT2D eigenvalue weighted by Crippen LogP contribution is 2.30. The maximum absolute atomic E-state index is 13.2. The summed E-state index contributed by atoms with van der Waals surface area (Å²) in [6.45, 7) is 1.86. The van der Waals surface area contributed by atoms with Gasteiger partial charge in [0.15, 0.2) is 10.8 Å². The lowest BCUT2D eigenvalue weighted by molar-refractivity contribution is -0.141. The van der Waals surface area contributed by atoms with Crippen molar-refractivity contribution in [1.82, 2.24) is 19.7 Å². The van der Waals surface area contributed by atoms with Gasteiger partial charge in [-0.05, 0) is 42.8 Å². The predicted octanol–water partition coefficient (Wildman–Crippen LogP) is 5.11. The number of aryl methyl sites for hydroxylation is 1. The van der Waals surface area contributed by atoms with E-state index in [4.69, 9.17) is 0 Å². The maximum Gasteiger partial charge on any atom is 0.435 e. The van der Waals surface area contributed by atoms with Crippen LogP contribution in [0.15, 0.2) is 54.0 Å². The second-order valence-corrected chi connectivity index (χ2v) is 7.32. The van der Waals surface area contributed by atoms with E-state index in [-0.39, 0.29) is 16.5 Å². The molecule has 0 unspecified atom stereocenters. The first-order valence-electron chi connectivity index (χ1n) is 8.84. The minimum absolute atomic E-state index is 0.103. The predicted molar refractivity (Wildman–Crippen MR) is 107 cm³/mol. The number of halogens is 4. The van der Waals surface area contributed by atoms with E-state index in [1.165, 1.54) is 12.1 Å². The van der Waals surface area contributed by atoms with Gasteiger partial charge in [0, 0.05) is 17.6 Å². The second-order valence-electron chi connectivity index (χ2n) is 6.46. The van der Waals surface area contributed by atoms with E-state index in [0.29, 0.717) is 17.5 Å². The van der Waals surface area contributed by atoms with Gasteiger partial charge in [0.05, 0.1) is 11.4 Å². The number of alkyl halides is 3. The monoisotopic (exact) mass is 447 g/mol. The van der Waals surface area contributed by atoms with Crippen LogP contribution in [-0.4, -0.2) is 25.7 Å². The molecular weight excluding hydrogens is 434 g/mol. The Hall–Kier alpha value is -3.60. The van der Waals surface area contributed by atoms with Gasteiger partial charge in [-0.25, -0.2) is 14.1 Å². The molecule has 0 fully saturated rings. The Labute approximate surface area is 177 Å². The summed E-state index contributed by atoms with van der Waals surface area (Å²) in [5.74, 6) is -1.41. The number of aromatic nitrogens is 4. The smallest absolute Gasteiger partial charge is 0.296 e.